The smallest absolute Gasteiger partial charge is 0.269 e. The highest BCUT2D eigenvalue weighted by molar-refractivity contribution is 6.06. The van der Waals surface area contributed by atoms with Crippen LogP contribution in [0.5, 0.6) is 0 Å². The Hall–Kier alpha value is -4.26. The van der Waals surface area contributed by atoms with Crippen molar-refractivity contribution in [1.29, 1.82) is 0 Å². The Labute approximate surface area is 203 Å². The van der Waals surface area contributed by atoms with E-state index in [1.54, 1.807) is 24.0 Å². The van der Waals surface area contributed by atoms with E-state index in [4.69, 9.17) is 0 Å². The van der Waals surface area contributed by atoms with Crippen LogP contribution in [-0.2, 0) is 9.59 Å². The summed E-state index contributed by atoms with van der Waals surface area (Å²) >= 11 is 0. The molecule has 0 spiro atoms. The maximum absolute atomic E-state index is 13.8. The Morgan fingerprint density at radius 3 is 2.34 bits per heavy atom. The molecule has 1 N–H and O–H groups in total. The van der Waals surface area contributed by atoms with E-state index >= 15 is 0 Å². The number of Topliss-reactive ketones (excluding diaryl/α,β-unsaturated/α-hetero) is 1. The molecule has 1 heterocycles. The van der Waals surface area contributed by atoms with Crippen molar-refractivity contribution in [3.8, 4) is 0 Å². The fraction of sp³-hybridized carbons (Fsp3) is 0.214. The van der Waals surface area contributed by atoms with Gasteiger partial charge in [0.05, 0.1) is 22.3 Å². The van der Waals surface area contributed by atoms with Gasteiger partial charge in [-0.05, 0) is 47.7 Å². The number of nitro groups is 1. The highest BCUT2D eigenvalue weighted by Crippen LogP contribution is 2.47. The third-order valence-electron chi connectivity index (χ3n) is 6.75. The Balaban J connectivity index is 1.70. The molecule has 0 saturated heterocycles. The van der Waals surface area contributed by atoms with E-state index in [2.05, 4.69) is 5.32 Å². The first-order valence-corrected chi connectivity index (χ1v) is 11.7. The lowest BCUT2D eigenvalue weighted by atomic mass is 9.78. The van der Waals surface area contributed by atoms with E-state index in [-0.39, 0.29) is 29.7 Å². The van der Waals surface area contributed by atoms with Crippen molar-refractivity contribution in [3.05, 3.63) is 111 Å². The average molecular weight is 468 g/mol. The average Bonchev–Trinajstić information content (AvgIpc) is 3.03. The second-order valence-corrected chi connectivity index (χ2v) is 8.84. The number of non-ortho nitro benzene ring substituents is 1. The summed E-state index contributed by atoms with van der Waals surface area (Å²) in [6, 6.07) is 23.0. The third kappa shape index (κ3) is 4.10. The topological polar surface area (TPSA) is 92.6 Å². The van der Waals surface area contributed by atoms with Crippen molar-refractivity contribution in [2.45, 2.75) is 38.1 Å². The van der Waals surface area contributed by atoms with Crippen LogP contribution in [0.3, 0.4) is 0 Å². The highest BCUT2D eigenvalue weighted by atomic mass is 16.6. The van der Waals surface area contributed by atoms with Crippen molar-refractivity contribution in [1.82, 2.24) is 0 Å². The molecule has 0 fully saturated rings. The zero-order valence-electron chi connectivity index (χ0n) is 19.3. The number of hydrogen-bond donors (Lipinski definition) is 1. The lowest BCUT2D eigenvalue weighted by Crippen LogP contribution is -2.38. The number of benzene rings is 3. The van der Waals surface area contributed by atoms with Crippen molar-refractivity contribution in [2.75, 3.05) is 10.2 Å². The number of anilines is 2. The number of carbonyl (C=O) groups excluding carboxylic acids is 2. The molecule has 1 amide bonds. The summed E-state index contributed by atoms with van der Waals surface area (Å²) in [7, 11) is 0. The first-order valence-electron chi connectivity index (χ1n) is 11.7. The van der Waals surface area contributed by atoms with Crippen molar-refractivity contribution < 1.29 is 14.5 Å². The lowest BCUT2D eigenvalue weighted by Gasteiger charge is -2.35. The van der Waals surface area contributed by atoms with Crippen LogP contribution in [-0.4, -0.2) is 16.6 Å². The molecule has 0 aromatic heterocycles. The molecule has 3 aromatic carbocycles. The minimum atomic E-state index is -0.682. The minimum Gasteiger partial charge on any atom is -0.357 e. The number of nitro benzene ring substituents is 1. The Morgan fingerprint density at radius 2 is 1.66 bits per heavy atom. The predicted octanol–water partition coefficient (Wildman–Crippen LogP) is 5.91. The molecule has 0 saturated carbocycles. The van der Waals surface area contributed by atoms with E-state index < -0.39 is 11.0 Å². The quantitative estimate of drug-likeness (QED) is 0.381. The summed E-state index contributed by atoms with van der Waals surface area (Å²) < 4.78 is 0. The summed E-state index contributed by atoms with van der Waals surface area (Å²) in [5, 5.41) is 14.7. The molecule has 2 aliphatic rings. The van der Waals surface area contributed by atoms with E-state index in [0.29, 0.717) is 29.7 Å². The molecular formula is C28H25N3O4. The van der Waals surface area contributed by atoms with Crippen LogP contribution >= 0.6 is 0 Å². The molecule has 0 bridgehead atoms. The van der Waals surface area contributed by atoms with Crippen molar-refractivity contribution in [3.63, 3.8) is 0 Å². The zero-order valence-corrected chi connectivity index (χ0v) is 19.3. The second kappa shape index (κ2) is 9.18. The summed E-state index contributed by atoms with van der Waals surface area (Å²) in [5.41, 5.74) is 4.49. The standard InChI is InChI=1S/C28H25N3O4/c1-2-26(33)30-24-11-7-6-10-22(24)29-23-16-20(18-8-4-3-5-9-18)17-25(32)27(23)28(30)19-12-14-21(15-13-19)31(34)35/h3-15,20,28-29H,2,16-17H2,1H3/t20-,28-/m1/s1. The second-order valence-electron chi connectivity index (χ2n) is 8.84. The normalized spacial score (nSPS) is 19.3. The Kier molecular flexibility index (Phi) is 5.91. The number of allylic oxidation sites excluding steroid dienone is 1. The van der Waals surface area contributed by atoms with Gasteiger partial charge in [-0.15, -0.1) is 0 Å². The third-order valence-corrected chi connectivity index (χ3v) is 6.75. The maximum atomic E-state index is 13.8. The van der Waals surface area contributed by atoms with Crippen molar-refractivity contribution >= 4 is 28.8 Å². The van der Waals surface area contributed by atoms with Gasteiger partial charge in [0.25, 0.3) is 5.69 Å². The van der Waals surface area contributed by atoms with E-state index in [1.807, 2.05) is 54.6 Å². The van der Waals surface area contributed by atoms with Gasteiger partial charge in [-0.1, -0.05) is 49.4 Å². The molecule has 176 valence electrons. The summed E-state index contributed by atoms with van der Waals surface area (Å²) in [4.78, 5) is 39.6. The van der Waals surface area contributed by atoms with Gasteiger partial charge in [0.15, 0.2) is 5.78 Å². The van der Waals surface area contributed by atoms with Crippen molar-refractivity contribution in [2.24, 2.45) is 0 Å². The monoisotopic (exact) mass is 467 g/mol. The number of nitrogens with zero attached hydrogens (tertiary/aromatic N) is 2. The zero-order chi connectivity index (χ0) is 24.5. The summed E-state index contributed by atoms with van der Waals surface area (Å²) in [6.07, 6.45) is 1.21. The Bertz CT molecular complexity index is 1330. The molecule has 0 radical (unpaired) electrons. The molecule has 1 aliphatic heterocycles. The van der Waals surface area contributed by atoms with Crippen LogP contribution in [0.4, 0.5) is 17.1 Å². The maximum Gasteiger partial charge on any atom is 0.269 e. The number of nitrogens with one attached hydrogen (secondary N) is 1. The number of amides is 1. The van der Waals surface area contributed by atoms with Crippen LogP contribution in [0.25, 0.3) is 0 Å². The van der Waals surface area contributed by atoms with E-state index in [1.165, 1.54) is 12.1 Å². The number of fused-ring (bicyclic) bond motifs is 1. The van der Waals surface area contributed by atoms with Crippen LogP contribution in [0.15, 0.2) is 90.1 Å². The first kappa shape index (κ1) is 22.5. The van der Waals surface area contributed by atoms with E-state index in [0.717, 1.165) is 16.9 Å². The van der Waals surface area contributed by atoms with Crippen LogP contribution in [0.2, 0.25) is 0 Å². The number of rotatable bonds is 4. The van der Waals surface area contributed by atoms with Crippen LogP contribution in [0.1, 0.15) is 49.3 Å². The van der Waals surface area contributed by atoms with Gasteiger partial charge in [-0.25, -0.2) is 0 Å². The largest absolute Gasteiger partial charge is 0.357 e. The predicted molar refractivity (Wildman–Crippen MR) is 134 cm³/mol. The van der Waals surface area contributed by atoms with Crippen LogP contribution < -0.4 is 10.2 Å². The highest BCUT2D eigenvalue weighted by Gasteiger charge is 2.41. The van der Waals surface area contributed by atoms with Gasteiger partial charge < -0.3 is 5.32 Å². The number of para-hydroxylation sites is 2. The molecular weight excluding hydrogens is 442 g/mol. The van der Waals surface area contributed by atoms with Gasteiger partial charge in [0.2, 0.25) is 5.91 Å². The van der Waals surface area contributed by atoms with Gasteiger partial charge in [0.1, 0.15) is 0 Å². The molecule has 7 heteroatoms. The fourth-order valence-corrected chi connectivity index (χ4v) is 5.09. The Morgan fingerprint density at radius 1 is 0.971 bits per heavy atom. The molecule has 35 heavy (non-hydrogen) atoms. The summed E-state index contributed by atoms with van der Waals surface area (Å²) in [5.74, 6) is -0.139. The number of carbonyl (C=O) groups is 2. The minimum absolute atomic E-state index is 0.0213. The van der Waals surface area contributed by atoms with Crippen LogP contribution in [0, 0.1) is 10.1 Å². The van der Waals surface area contributed by atoms with Gasteiger partial charge >= 0.3 is 0 Å². The molecule has 3 aromatic rings. The van der Waals surface area contributed by atoms with Gasteiger partial charge in [-0.3, -0.25) is 24.6 Å². The van der Waals surface area contributed by atoms with Gasteiger partial charge in [0, 0.05) is 36.2 Å². The lowest BCUT2D eigenvalue weighted by molar-refractivity contribution is -0.384. The molecule has 5 rings (SSSR count). The number of ketones is 1. The SMILES string of the molecule is CCC(=O)N1c2ccccc2NC2=C(C(=O)C[C@H](c3ccccc3)C2)[C@H]1c1ccc([N+](=O)[O-])cc1. The fourth-order valence-electron chi connectivity index (χ4n) is 5.09. The van der Waals surface area contributed by atoms with E-state index in [9.17, 15) is 19.7 Å². The van der Waals surface area contributed by atoms with Gasteiger partial charge in [-0.2, -0.15) is 0 Å². The molecule has 0 unspecified atom stereocenters. The molecule has 7 nitrogen and oxygen atoms in total. The first-order chi connectivity index (χ1) is 17.0. The molecule has 1 aliphatic carbocycles. The number of hydrogen-bond acceptors (Lipinski definition) is 5. The summed E-state index contributed by atoms with van der Waals surface area (Å²) in [6.45, 7) is 1.79. The molecule has 2 atom stereocenters.